The second-order valence-corrected chi connectivity index (χ2v) is 5.72. The van der Waals surface area contributed by atoms with Crippen LogP contribution in [-0.2, 0) is 4.79 Å². The summed E-state index contributed by atoms with van der Waals surface area (Å²) >= 11 is 5.76. The molecule has 0 aliphatic heterocycles. The fourth-order valence-electron chi connectivity index (χ4n) is 1.65. The number of carbonyl (C=O) groups is 2. The molecule has 0 fully saturated rings. The summed E-state index contributed by atoms with van der Waals surface area (Å²) < 4.78 is 0. The molecule has 0 radical (unpaired) electrons. The van der Waals surface area contributed by atoms with Crippen LogP contribution in [0.4, 0.5) is 0 Å². The molecule has 0 amide bonds. The molecule has 6 nitrogen and oxygen atoms in total. The van der Waals surface area contributed by atoms with Gasteiger partial charge in [0, 0.05) is 22.9 Å². The second kappa shape index (κ2) is 6.43. The van der Waals surface area contributed by atoms with Crippen LogP contribution < -0.4 is 0 Å². The molecule has 1 aromatic heterocycles. The first-order valence-corrected chi connectivity index (χ1v) is 6.39. The van der Waals surface area contributed by atoms with Crippen molar-refractivity contribution >= 4 is 35.6 Å². The van der Waals surface area contributed by atoms with E-state index in [1.54, 1.807) is 20.8 Å². The van der Waals surface area contributed by atoms with E-state index in [2.05, 4.69) is 9.77 Å². The van der Waals surface area contributed by atoms with Crippen LogP contribution in [0.25, 0.3) is 6.08 Å². The SMILES string of the molecule is CC(C)(C)C(=Cc1cnc(Cl)cc1C(=O)C=[N+]=N)C(=O)O. The highest BCUT2D eigenvalue weighted by molar-refractivity contribution is 6.35. The highest BCUT2D eigenvalue weighted by atomic mass is 35.5. The lowest BCUT2D eigenvalue weighted by atomic mass is 9.85. The third-order valence-electron chi connectivity index (χ3n) is 2.69. The van der Waals surface area contributed by atoms with Gasteiger partial charge in [0.15, 0.2) is 0 Å². The minimum Gasteiger partial charge on any atom is -0.478 e. The molecule has 0 aliphatic rings. The Hall–Kier alpha value is -2.30. The van der Waals surface area contributed by atoms with Crippen molar-refractivity contribution in [3.63, 3.8) is 0 Å². The minimum absolute atomic E-state index is 0.0986. The Kier molecular flexibility index (Phi) is 5.13. The molecular weight excluding hydrogens is 294 g/mol. The fraction of sp³-hybridized carbons (Fsp3) is 0.286. The molecule has 0 atom stereocenters. The summed E-state index contributed by atoms with van der Waals surface area (Å²) in [7, 11) is 0. The van der Waals surface area contributed by atoms with Crippen LogP contribution in [0.15, 0.2) is 17.8 Å². The molecular formula is C14H15ClN3O3+. The molecule has 1 rings (SSSR count). The van der Waals surface area contributed by atoms with Gasteiger partial charge in [0.25, 0.3) is 5.78 Å². The van der Waals surface area contributed by atoms with E-state index in [1.165, 1.54) is 18.3 Å². The molecule has 0 aliphatic carbocycles. The smallest absolute Gasteiger partial charge is 0.377 e. The monoisotopic (exact) mass is 308 g/mol. The maximum absolute atomic E-state index is 11.9. The first-order valence-electron chi connectivity index (χ1n) is 6.02. The van der Waals surface area contributed by atoms with Gasteiger partial charge >= 0.3 is 12.2 Å². The number of hydrogen-bond acceptors (Lipinski definition) is 4. The van der Waals surface area contributed by atoms with Crippen LogP contribution in [0, 0.1) is 10.9 Å². The number of rotatable bonds is 4. The summed E-state index contributed by atoms with van der Waals surface area (Å²) in [5, 5.41) is 9.40. The molecule has 0 spiro atoms. The minimum atomic E-state index is -1.08. The van der Waals surface area contributed by atoms with Gasteiger partial charge < -0.3 is 5.11 Å². The lowest BCUT2D eigenvalue weighted by molar-refractivity contribution is -0.133. The van der Waals surface area contributed by atoms with Gasteiger partial charge in [0.2, 0.25) is 0 Å². The number of Topliss-reactive ketones (excluding diaryl/α,β-unsaturated/α-hetero) is 1. The summed E-state index contributed by atoms with van der Waals surface area (Å²) in [6, 6.07) is 1.32. The Morgan fingerprint density at radius 1 is 1.43 bits per heavy atom. The van der Waals surface area contributed by atoms with Crippen molar-refractivity contribution in [3.8, 4) is 0 Å². The number of carboxylic acid groups (broad SMARTS) is 1. The predicted octanol–water partition coefficient (Wildman–Crippen LogP) is 2.74. The number of pyridine rings is 1. The molecule has 1 aromatic rings. The second-order valence-electron chi connectivity index (χ2n) is 5.33. The van der Waals surface area contributed by atoms with E-state index in [9.17, 15) is 14.7 Å². The maximum atomic E-state index is 11.9. The van der Waals surface area contributed by atoms with Crippen LogP contribution in [0.1, 0.15) is 36.7 Å². The highest BCUT2D eigenvalue weighted by Crippen LogP contribution is 2.28. The molecule has 0 bridgehead atoms. The Morgan fingerprint density at radius 3 is 2.52 bits per heavy atom. The number of hydrogen-bond donors (Lipinski definition) is 2. The quantitative estimate of drug-likeness (QED) is 0.223. The number of ketones is 1. The zero-order valence-electron chi connectivity index (χ0n) is 11.8. The molecule has 110 valence electrons. The van der Waals surface area contributed by atoms with E-state index in [4.69, 9.17) is 17.1 Å². The molecule has 21 heavy (non-hydrogen) atoms. The topological polar surface area (TPSA) is 105 Å². The number of aromatic nitrogens is 1. The molecule has 0 saturated carbocycles. The Labute approximate surface area is 126 Å². The number of nitrogens with one attached hydrogen (secondary N) is 1. The van der Waals surface area contributed by atoms with Crippen LogP contribution in [-0.4, -0.2) is 32.8 Å². The van der Waals surface area contributed by atoms with Crippen molar-refractivity contribution in [2.75, 3.05) is 0 Å². The van der Waals surface area contributed by atoms with Gasteiger partial charge in [-0.05, 0) is 17.6 Å². The lowest BCUT2D eigenvalue weighted by Crippen LogP contribution is -2.17. The molecule has 0 unspecified atom stereocenters. The number of nitrogens with zero attached hydrogens (tertiary/aromatic N) is 2. The number of halogens is 1. The lowest BCUT2D eigenvalue weighted by Gasteiger charge is -2.19. The van der Waals surface area contributed by atoms with Gasteiger partial charge in [-0.3, -0.25) is 4.79 Å². The molecule has 0 saturated heterocycles. The fourth-order valence-corrected chi connectivity index (χ4v) is 1.81. The molecule has 2 N–H and O–H groups in total. The number of carbonyl (C=O) groups excluding carboxylic acids is 1. The van der Waals surface area contributed by atoms with E-state index in [0.717, 1.165) is 6.21 Å². The Morgan fingerprint density at radius 2 is 2.05 bits per heavy atom. The van der Waals surface area contributed by atoms with E-state index in [1.807, 2.05) is 0 Å². The highest BCUT2D eigenvalue weighted by Gasteiger charge is 2.24. The summed E-state index contributed by atoms with van der Waals surface area (Å²) in [5.41, 5.74) is 6.68. The predicted molar refractivity (Wildman–Crippen MR) is 77.7 cm³/mol. The van der Waals surface area contributed by atoms with E-state index in [-0.39, 0.29) is 16.3 Å². The van der Waals surface area contributed by atoms with Gasteiger partial charge in [-0.2, -0.15) is 0 Å². The largest absolute Gasteiger partial charge is 0.478 e. The molecule has 7 heteroatoms. The number of carboxylic acids is 1. The summed E-state index contributed by atoms with van der Waals surface area (Å²) in [4.78, 5) is 30.0. The van der Waals surface area contributed by atoms with Gasteiger partial charge in [0.05, 0.1) is 10.3 Å². The molecule has 0 aromatic carbocycles. The first kappa shape index (κ1) is 16.8. The van der Waals surface area contributed by atoms with Crippen molar-refractivity contribution in [1.82, 2.24) is 4.98 Å². The molecule has 1 heterocycles. The van der Waals surface area contributed by atoms with E-state index >= 15 is 0 Å². The standard InChI is InChI=1S/C14H14ClN3O3/c1-14(2,3)10(13(20)21)4-8-6-17-12(15)5-9(8)11(19)7-18-16/h4-7,16H,1-3H3/p+1. The van der Waals surface area contributed by atoms with Crippen LogP contribution in [0.2, 0.25) is 5.15 Å². The van der Waals surface area contributed by atoms with Crippen LogP contribution in [0.3, 0.4) is 0 Å². The summed E-state index contributed by atoms with van der Waals surface area (Å²) in [6.07, 6.45) is 3.53. The van der Waals surface area contributed by atoms with E-state index in [0.29, 0.717) is 5.56 Å². The first-order chi connectivity index (χ1) is 9.66. The summed E-state index contributed by atoms with van der Waals surface area (Å²) in [6.45, 7) is 5.26. The van der Waals surface area contributed by atoms with Crippen molar-refractivity contribution in [2.24, 2.45) is 5.41 Å². The van der Waals surface area contributed by atoms with Gasteiger partial charge in [-0.25, -0.2) is 9.78 Å². The summed E-state index contributed by atoms with van der Waals surface area (Å²) in [5.74, 6) is -1.62. The number of aliphatic carboxylic acids is 1. The Balaban J connectivity index is 3.52. The third kappa shape index (κ3) is 4.34. The van der Waals surface area contributed by atoms with Crippen molar-refractivity contribution in [1.29, 1.82) is 5.53 Å². The average molecular weight is 309 g/mol. The van der Waals surface area contributed by atoms with Crippen molar-refractivity contribution in [3.05, 3.63) is 34.1 Å². The van der Waals surface area contributed by atoms with Gasteiger partial charge in [-0.1, -0.05) is 32.4 Å². The van der Waals surface area contributed by atoms with Crippen LogP contribution >= 0.6 is 11.6 Å². The zero-order valence-corrected chi connectivity index (χ0v) is 12.6. The van der Waals surface area contributed by atoms with Crippen molar-refractivity contribution < 1.29 is 19.5 Å². The Bertz CT molecular complexity index is 669. The zero-order chi connectivity index (χ0) is 16.2. The average Bonchev–Trinajstić information content (AvgIpc) is 2.35. The van der Waals surface area contributed by atoms with Gasteiger partial charge in [-0.15, -0.1) is 0 Å². The van der Waals surface area contributed by atoms with Crippen LogP contribution in [0.5, 0.6) is 0 Å². The van der Waals surface area contributed by atoms with Gasteiger partial charge in [0.1, 0.15) is 5.15 Å². The van der Waals surface area contributed by atoms with E-state index < -0.39 is 17.2 Å². The van der Waals surface area contributed by atoms with Crippen molar-refractivity contribution in [2.45, 2.75) is 20.8 Å². The maximum Gasteiger partial charge on any atom is 0.377 e. The third-order valence-corrected chi connectivity index (χ3v) is 2.89. The normalized spacial score (nSPS) is 11.7.